The maximum Gasteiger partial charge on any atom is 0.327 e. The van der Waals surface area contributed by atoms with Gasteiger partial charge in [0, 0.05) is 4.88 Å². The molecule has 21 heavy (non-hydrogen) atoms. The summed E-state index contributed by atoms with van der Waals surface area (Å²) in [6.07, 6.45) is 0. The summed E-state index contributed by atoms with van der Waals surface area (Å²) in [7, 11) is -4.20. The van der Waals surface area contributed by atoms with Crippen molar-refractivity contribution in [3.8, 4) is 0 Å². The monoisotopic (exact) mass is 349 g/mol. The van der Waals surface area contributed by atoms with Gasteiger partial charge >= 0.3 is 5.97 Å². The standard InChI is InChI=1S/C12H9ClFNO4S2/c13-8-6-7(14)3-4-10(8)21(18,19)15-11(12(16)17)9-2-1-5-20-9/h1-6,11,15H,(H,16,17). The molecule has 0 amide bonds. The largest absolute Gasteiger partial charge is 0.480 e. The zero-order chi connectivity index (χ0) is 15.6. The van der Waals surface area contributed by atoms with Gasteiger partial charge in [0.25, 0.3) is 0 Å². The van der Waals surface area contributed by atoms with Crippen LogP contribution in [0.3, 0.4) is 0 Å². The summed E-state index contributed by atoms with van der Waals surface area (Å²) in [4.78, 5) is 11.2. The molecular formula is C12H9ClFNO4S2. The fraction of sp³-hybridized carbons (Fsp3) is 0.0833. The van der Waals surface area contributed by atoms with Crippen molar-refractivity contribution in [3.63, 3.8) is 0 Å². The molecule has 5 nitrogen and oxygen atoms in total. The number of benzene rings is 1. The average molecular weight is 350 g/mol. The van der Waals surface area contributed by atoms with Gasteiger partial charge in [-0.15, -0.1) is 11.3 Å². The maximum absolute atomic E-state index is 13.0. The minimum absolute atomic E-state index is 0.321. The molecule has 2 N–H and O–H groups in total. The Morgan fingerprint density at radius 1 is 1.38 bits per heavy atom. The van der Waals surface area contributed by atoms with Crippen LogP contribution in [0.15, 0.2) is 40.6 Å². The predicted octanol–water partition coefficient (Wildman–Crippen LogP) is 2.64. The zero-order valence-corrected chi connectivity index (χ0v) is 12.7. The van der Waals surface area contributed by atoms with Gasteiger partial charge in [0.15, 0.2) is 6.04 Å². The summed E-state index contributed by atoms with van der Waals surface area (Å²) < 4.78 is 39.4. The van der Waals surface area contributed by atoms with Gasteiger partial charge in [-0.2, -0.15) is 4.72 Å². The van der Waals surface area contributed by atoms with Crippen LogP contribution in [-0.4, -0.2) is 19.5 Å². The highest BCUT2D eigenvalue weighted by Crippen LogP contribution is 2.26. The van der Waals surface area contributed by atoms with E-state index < -0.39 is 27.9 Å². The first-order chi connectivity index (χ1) is 9.81. The number of thiophene rings is 1. The van der Waals surface area contributed by atoms with E-state index in [1.54, 1.807) is 11.4 Å². The number of carboxylic acids is 1. The highest BCUT2D eigenvalue weighted by atomic mass is 35.5. The molecule has 1 unspecified atom stereocenters. The number of rotatable bonds is 5. The van der Waals surface area contributed by atoms with Gasteiger partial charge in [0.05, 0.1) is 5.02 Å². The van der Waals surface area contributed by atoms with Crippen LogP contribution in [0.4, 0.5) is 4.39 Å². The van der Waals surface area contributed by atoms with E-state index in [0.717, 1.165) is 29.5 Å². The molecule has 0 saturated heterocycles. The van der Waals surface area contributed by atoms with Crippen LogP contribution in [0.5, 0.6) is 0 Å². The second-order valence-corrected chi connectivity index (χ2v) is 7.05. The third-order valence-electron chi connectivity index (χ3n) is 2.53. The smallest absolute Gasteiger partial charge is 0.327 e. The van der Waals surface area contributed by atoms with E-state index in [-0.39, 0.29) is 9.92 Å². The molecule has 9 heteroatoms. The van der Waals surface area contributed by atoms with Crippen LogP contribution in [-0.2, 0) is 14.8 Å². The van der Waals surface area contributed by atoms with Crippen molar-refractivity contribution >= 4 is 38.9 Å². The second-order valence-electron chi connectivity index (χ2n) is 3.98. The first-order valence-electron chi connectivity index (χ1n) is 5.55. The maximum atomic E-state index is 13.0. The highest BCUT2D eigenvalue weighted by Gasteiger charge is 2.29. The molecule has 0 radical (unpaired) electrons. The van der Waals surface area contributed by atoms with Crippen molar-refractivity contribution in [3.05, 3.63) is 51.4 Å². The van der Waals surface area contributed by atoms with Crippen molar-refractivity contribution in [1.29, 1.82) is 0 Å². The van der Waals surface area contributed by atoms with Crippen LogP contribution in [0.1, 0.15) is 10.9 Å². The third-order valence-corrected chi connectivity index (χ3v) is 5.37. The molecule has 2 aromatic rings. The van der Waals surface area contributed by atoms with Gasteiger partial charge in [-0.05, 0) is 29.6 Å². The van der Waals surface area contributed by atoms with E-state index in [1.807, 2.05) is 4.72 Å². The van der Waals surface area contributed by atoms with Gasteiger partial charge in [-0.3, -0.25) is 4.79 Å². The number of sulfonamides is 1. The molecule has 1 atom stereocenters. The van der Waals surface area contributed by atoms with Gasteiger partial charge < -0.3 is 5.11 Å². The molecule has 0 aliphatic carbocycles. The molecule has 0 aliphatic heterocycles. The van der Waals surface area contributed by atoms with Crippen LogP contribution in [0.25, 0.3) is 0 Å². The summed E-state index contributed by atoms with van der Waals surface area (Å²) in [6.45, 7) is 0. The van der Waals surface area contributed by atoms with Gasteiger partial charge in [0.1, 0.15) is 10.7 Å². The third kappa shape index (κ3) is 3.59. The molecule has 1 aromatic heterocycles. The lowest BCUT2D eigenvalue weighted by molar-refractivity contribution is -0.139. The van der Waals surface area contributed by atoms with E-state index in [2.05, 4.69) is 0 Å². The Morgan fingerprint density at radius 3 is 2.62 bits per heavy atom. The molecule has 0 bridgehead atoms. The Balaban J connectivity index is 2.37. The number of hydrogen-bond acceptors (Lipinski definition) is 4. The molecule has 0 spiro atoms. The number of carboxylic acid groups (broad SMARTS) is 1. The van der Waals surface area contributed by atoms with E-state index in [0.29, 0.717) is 4.88 Å². The lowest BCUT2D eigenvalue weighted by atomic mass is 10.3. The molecule has 1 aromatic carbocycles. The minimum Gasteiger partial charge on any atom is -0.480 e. The summed E-state index contributed by atoms with van der Waals surface area (Å²) >= 11 is 6.80. The van der Waals surface area contributed by atoms with Crippen molar-refractivity contribution in [2.45, 2.75) is 10.9 Å². The number of aliphatic carboxylic acids is 1. The second kappa shape index (κ2) is 6.10. The SMILES string of the molecule is O=C(O)C(NS(=O)(=O)c1ccc(F)cc1Cl)c1cccs1. The minimum atomic E-state index is -4.20. The summed E-state index contributed by atoms with van der Waals surface area (Å²) in [5.74, 6) is -2.04. The summed E-state index contributed by atoms with van der Waals surface area (Å²) in [6, 6.07) is 4.43. The topological polar surface area (TPSA) is 83.5 Å². The van der Waals surface area contributed by atoms with Crippen LogP contribution >= 0.6 is 22.9 Å². The Kier molecular flexibility index (Phi) is 4.62. The number of nitrogens with one attached hydrogen (secondary N) is 1. The van der Waals surface area contributed by atoms with Crippen molar-refractivity contribution < 1.29 is 22.7 Å². The average Bonchev–Trinajstić information content (AvgIpc) is 2.88. The Morgan fingerprint density at radius 2 is 2.10 bits per heavy atom. The van der Waals surface area contributed by atoms with Gasteiger partial charge in [-0.25, -0.2) is 12.8 Å². The predicted molar refractivity (Wildman–Crippen MR) is 76.4 cm³/mol. The van der Waals surface area contributed by atoms with E-state index in [4.69, 9.17) is 16.7 Å². The highest BCUT2D eigenvalue weighted by molar-refractivity contribution is 7.89. The quantitative estimate of drug-likeness (QED) is 0.869. The number of halogens is 2. The Labute approximate surface area is 129 Å². The summed E-state index contributed by atoms with van der Waals surface area (Å²) in [5.41, 5.74) is 0. The van der Waals surface area contributed by atoms with Crippen LogP contribution in [0, 0.1) is 5.82 Å². The first kappa shape index (κ1) is 15.9. The lowest BCUT2D eigenvalue weighted by Gasteiger charge is -2.14. The van der Waals surface area contributed by atoms with Crippen molar-refractivity contribution in [2.75, 3.05) is 0 Å². The van der Waals surface area contributed by atoms with Crippen LogP contribution < -0.4 is 4.72 Å². The van der Waals surface area contributed by atoms with Gasteiger partial charge in [-0.1, -0.05) is 17.7 Å². The molecule has 0 aliphatic rings. The molecule has 1 heterocycles. The summed E-state index contributed by atoms with van der Waals surface area (Å²) in [5, 5.41) is 10.5. The molecular weight excluding hydrogens is 341 g/mol. The lowest BCUT2D eigenvalue weighted by Crippen LogP contribution is -2.33. The normalized spacial score (nSPS) is 13.0. The van der Waals surface area contributed by atoms with Crippen molar-refractivity contribution in [2.24, 2.45) is 0 Å². The molecule has 112 valence electrons. The Hall–Kier alpha value is -1.48. The van der Waals surface area contributed by atoms with Crippen LogP contribution in [0.2, 0.25) is 5.02 Å². The van der Waals surface area contributed by atoms with Gasteiger partial charge in [0.2, 0.25) is 10.0 Å². The molecule has 0 saturated carbocycles. The fourth-order valence-corrected chi connectivity index (χ4v) is 4.14. The van der Waals surface area contributed by atoms with E-state index >= 15 is 0 Å². The molecule has 2 rings (SSSR count). The Bertz CT molecular complexity index is 762. The zero-order valence-electron chi connectivity index (χ0n) is 10.3. The van der Waals surface area contributed by atoms with Crippen molar-refractivity contribution in [1.82, 2.24) is 4.72 Å². The molecule has 0 fully saturated rings. The first-order valence-corrected chi connectivity index (χ1v) is 8.29. The fourth-order valence-electron chi connectivity index (χ4n) is 1.60. The van der Waals surface area contributed by atoms with E-state index in [9.17, 15) is 17.6 Å². The van der Waals surface area contributed by atoms with E-state index in [1.165, 1.54) is 6.07 Å². The number of hydrogen-bond donors (Lipinski definition) is 2. The number of carbonyl (C=O) groups is 1.